The first-order chi connectivity index (χ1) is 6.41. The molecule has 1 saturated heterocycles. The Morgan fingerprint density at radius 3 is 2.36 bits per heavy atom. The minimum absolute atomic E-state index is 0.00394. The summed E-state index contributed by atoms with van der Waals surface area (Å²) in [5.41, 5.74) is -1.45. The van der Waals surface area contributed by atoms with Crippen LogP contribution in [0.15, 0.2) is 0 Å². The van der Waals surface area contributed by atoms with Crippen molar-refractivity contribution in [2.75, 3.05) is 13.2 Å². The molecule has 3 nitrogen and oxygen atoms in total. The number of carbonyl (C=O) groups is 1. The minimum atomic E-state index is -1.07. The first-order valence-electron chi connectivity index (χ1n) is 4.99. The van der Waals surface area contributed by atoms with Gasteiger partial charge in [0.2, 0.25) is 5.91 Å². The predicted molar refractivity (Wildman–Crippen MR) is 49.6 cm³/mol. The molecule has 0 unspecified atom stereocenters. The van der Waals surface area contributed by atoms with Gasteiger partial charge in [0.1, 0.15) is 5.67 Å². The number of amides is 1. The second kappa shape index (κ2) is 2.92. The third-order valence-corrected chi connectivity index (χ3v) is 3.07. The Kier molecular flexibility index (Phi) is 2.07. The zero-order valence-electron chi connectivity index (χ0n) is 8.60. The summed E-state index contributed by atoms with van der Waals surface area (Å²) < 4.78 is 18.1. The molecule has 2 aliphatic rings. The Morgan fingerprint density at radius 2 is 2.00 bits per heavy atom. The summed E-state index contributed by atoms with van der Waals surface area (Å²) in [6.07, 6.45) is 0.880. The summed E-state index contributed by atoms with van der Waals surface area (Å²) in [7, 11) is 0. The molecule has 1 amide bonds. The number of carbonyl (C=O) groups excluding carboxylic acids is 1. The van der Waals surface area contributed by atoms with Crippen molar-refractivity contribution in [1.82, 2.24) is 5.32 Å². The molecule has 0 atom stereocenters. The zero-order valence-corrected chi connectivity index (χ0v) is 8.60. The van der Waals surface area contributed by atoms with Gasteiger partial charge in [-0.25, -0.2) is 4.39 Å². The molecule has 0 bridgehead atoms. The van der Waals surface area contributed by atoms with E-state index in [-0.39, 0.29) is 17.4 Å². The Morgan fingerprint density at radius 1 is 1.43 bits per heavy atom. The van der Waals surface area contributed by atoms with Gasteiger partial charge in [0.05, 0.1) is 18.6 Å². The summed E-state index contributed by atoms with van der Waals surface area (Å²) in [6, 6.07) is 0.0231. The SMILES string of the molecule is CC1(F)CC(NC(=O)C2(C)COC2)C1. The van der Waals surface area contributed by atoms with Crippen molar-refractivity contribution in [3.8, 4) is 0 Å². The van der Waals surface area contributed by atoms with Crippen LogP contribution in [0.5, 0.6) is 0 Å². The first-order valence-corrected chi connectivity index (χ1v) is 4.99. The molecule has 1 aliphatic heterocycles. The standard InChI is InChI=1S/C10H16FNO2/c1-9(5-14-6-9)8(13)12-7-3-10(2,11)4-7/h7H,3-6H2,1-2H3,(H,12,13). The summed E-state index contributed by atoms with van der Waals surface area (Å²) >= 11 is 0. The molecule has 1 heterocycles. The fourth-order valence-electron chi connectivity index (χ4n) is 1.97. The van der Waals surface area contributed by atoms with Gasteiger partial charge in [0.25, 0.3) is 0 Å². The van der Waals surface area contributed by atoms with Crippen molar-refractivity contribution < 1.29 is 13.9 Å². The Labute approximate surface area is 83.0 Å². The fourth-order valence-corrected chi connectivity index (χ4v) is 1.97. The van der Waals surface area contributed by atoms with Gasteiger partial charge in [0.15, 0.2) is 0 Å². The van der Waals surface area contributed by atoms with Crippen LogP contribution in [0.1, 0.15) is 26.7 Å². The highest BCUT2D eigenvalue weighted by Gasteiger charge is 2.46. The van der Waals surface area contributed by atoms with E-state index in [2.05, 4.69) is 5.32 Å². The van der Waals surface area contributed by atoms with Crippen LogP contribution in [0.2, 0.25) is 0 Å². The van der Waals surface area contributed by atoms with Crippen LogP contribution < -0.4 is 5.32 Å². The lowest BCUT2D eigenvalue weighted by atomic mass is 9.77. The molecule has 80 valence electrons. The van der Waals surface area contributed by atoms with E-state index < -0.39 is 5.67 Å². The lowest BCUT2D eigenvalue weighted by molar-refractivity contribution is -0.159. The largest absolute Gasteiger partial charge is 0.379 e. The maximum absolute atomic E-state index is 13.1. The van der Waals surface area contributed by atoms with E-state index in [9.17, 15) is 9.18 Å². The van der Waals surface area contributed by atoms with Crippen molar-refractivity contribution in [2.45, 2.75) is 38.4 Å². The van der Waals surface area contributed by atoms with Gasteiger partial charge in [-0.15, -0.1) is 0 Å². The highest BCUT2D eigenvalue weighted by atomic mass is 19.1. The van der Waals surface area contributed by atoms with Crippen molar-refractivity contribution >= 4 is 5.91 Å². The van der Waals surface area contributed by atoms with Gasteiger partial charge in [-0.3, -0.25) is 4.79 Å². The maximum Gasteiger partial charge on any atom is 0.230 e. The quantitative estimate of drug-likeness (QED) is 0.724. The van der Waals surface area contributed by atoms with Gasteiger partial charge in [-0.05, 0) is 13.8 Å². The van der Waals surface area contributed by atoms with Gasteiger partial charge in [-0.1, -0.05) is 0 Å². The maximum atomic E-state index is 13.1. The molecule has 0 aromatic carbocycles. The highest BCUT2D eigenvalue weighted by molar-refractivity contribution is 5.83. The third kappa shape index (κ3) is 1.63. The lowest BCUT2D eigenvalue weighted by Crippen LogP contribution is -2.58. The molecular weight excluding hydrogens is 185 g/mol. The molecule has 0 aromatic rings. The van der Waals surface area contributed by atoms with Crippen molar-refractivity contribution in [2.24, 2.45) is 5.41 Å². The van der Waals surface area contributed by atoms with Crippen LogP contribution in [0.4, 0.5) is 4.39 Å². The van der Waals surface area contributed by atoms with Crippen LogP contribution in [-0.4, -0.2) is 30.8 Å². The summed E-state index contributed by atoms with van der Waals surface area (Å²) in [4.78, 5) is 11.6. The molecular formula is C10H16FNO2. The van der Waals surface area contributed by atoms with E-state index in [4.69, 9.17) is 4.74 Å². The van der Waals surface area contributed by atoms with Crippen molar-refractivity contribution in [3.05, 3.63) is 0 Å². The number of alkyl halides is 1. The van der Waals surface area contributed by atoms with Crippen molar-refractivity contribution in [1.29, 1.82) is 0 Å². The second-order valence-electron chi connectivity index (χ2n) is 5.05. The topological polar surface area (TPSA) is 38.3 Å². The number of halogens is 1. The van der Waals surface area contributed by atoms with Crippen LogP contribution in [0.25, 0.3) is 0 Å². The summed E-state index contributed by atoms with van der Waals surface area (Å²) in [6.45, 7) is 4.42. The van der Waals surface area contributed by atoms with E-state index in [1.165, 1.54) is 0 Å². The molecule has 1 aliphatic carbocycles. The molecule has 14 heavy (non-hydrogen) atoms. The number of nitrogens with one attached hydrogen (secondary N) is 1. The number of hydrogen-bond donors (Lipinski definition) is 1. The molecule has 1 saturated carbocycles. The minimum Gasteiger partial charge on any atom is -0.379 e. The normalized spacial score (nSPS) is 39.5. The molecule has 0 radical (unpaired) electrons. The van der Waals surface area contributed by atoms with Crippen molar-refractivity contribution in [3.63, 3.8) is 0 Å². The van der Waals surface area contributed by atoms with E-state index in [1.807, 2.05) is 6.92 Å². The van der Waals surface area contributed by atoms with E-state index in [0.717, 1.165) is 0 Å². The number of hydrogen-bond acceptors (Lipinski definition) is 2. The van der Waals surface area contributed by atoms with Crippen LogP contribution in [-0.2, 0) is 9.53 Å². The third-order valence-electron chi connectivity index (χ3n) is 3.07. The Balaban J connectivity index is 1.79. The zero-order chi connectivity index (χ0) is 10.4. The monoisotopic (exact) mass is 201 g/mol. The number of rotatable bonds is 2. The molecule has 2 fully saturated rings. The van der Waals surface area contributed by atoms with Gasteiger partial charge in [0, 0.05) is 18.9 Å². The lowest BCUT2D eigenvalue weighted by Gasteiger charge is -2.43. The second-order valence-corrected chi connectivity index (χ2v) is 5.05. The fraction of sp³-hybridized carbons (Fsp3) is 0.900. The first kappa shape index (κ1) is 9.90. The molecule has 1 N–H and O–H groups in total. The van der Waals surface area contributed by atoms with Gasteiger partial charge in [-0.2, -0.15) is 0 Å². The summed E-state index contributed by atoms with van der Waals surface area (Å²) in [5.74, 6) is 0.00394. The molecule has 0 spiro atoms. The van der Waals surface area contributed by atoms with Crippen LogP contribution in [0.3, 0.4) is 0 Å². The predicted octanol–water partition coefficient (Wildman–Crippen LogP) is 1.03. The smallest absolute Gasteiger partial charge is 0.230 e. The van der Waals surface area contributed by atoms with E-state index in [0.29, 0.717) is 26.1 Å². The average Bonchev–Trinajstić information content (AvgIpc) is 1.96. The molecule has 2 rings (SSSR count). The Bertz CT molecular complexity index is 253. The number of ether oxygens (including phenoxy) is 1. The summed E-state index contributed by atoms with van der Waals surface area (Å²) in [5, 5.41) is 2.86. The average molecular weight is 201 g/mol. The van der Waals surface area contributed by atoms with E-state index in [1.54, 1.807) is 6.92 Å². The molecule has 4 heteroatoms. The van der Waals surface area contributed by atoms with Gasteiger partial charge >= 0.3 is 0 Å². The highest BCUT2D eigenvalue weighted by Crippen LogP contribution is 2.36. The van der Waals surface area contributed by atoms with E-state index >= 15 is 0 Å². The Hall–Kier alpha value is -0.640. The molecule has 0 aromatic heterocycles. The van der Waals surface area contributed by atoms with Crippen LogP contribution >= 0.6 is 0 Å². The van der Waals surface area contributed by atoms with Crippen LogP contribution in [0, 0.1) is 5.41 Å². The van der Waals surface area contributed by atoms with Gasteiger partial charge < -0.3 is 10.1 Å².